The van der Waals surface area contributed by atoms with Crippen LogP contribution in [0.2, 0.25) is 0 Å². The number of hydrogen-bond donors (Lipinski definition) is 1. The van der Waals surface area contributed by atoms with Crippen LogP contribution in [0.4, 0.5) is 5.82 Å². The van der Waals surface area contributed by atoms with Gasteiger partial charge < -0.3 is 9.84 Å². The molecule has 0 aliphatic heterocycles. The molecule has 3 atom stereocenters. The SMILES string of the molecule is CCC(Nc1noc2cncnc12)C1(c2ccc(C)cc2C)CC1C. The zero-order valence-electron chi connectivity index (χ0n) is 15.2. The van der Waals surface area contributed by atoms with E-state index in [1.807, 2.05) is 0 Å². The van der Waals surface area contributed by atoms with Crippen molar-refractivity contribution < 1.29 is 4.52 Å². The first-order valence-corrected chi connectivity index (χ1v) is 8.96. The van der Waals surface area contributed by atoms with E-state index in [-0.39, 0.29) is 11.5 Å². The number of nitrogens with one attached hydrogen (secondary N) is 1. The molecule has 4 rings (SSSR count). The highest BCUT2D eigenvalue weighted by atomic mass is 16.5. The van der Waals surface area contributed by atoms with E-state index in [9.17, 15) is 0 Å². The van der Waals surface area contributed by atoms with Crippen molar-refractivity contribution in [3.8, 4) is 0 Å². The van der Waals surface area contributed by atoms with Crippen molar-refractivity contribution in [2.24, 2.45) is 5.92 Å². The predicted molar refractivity (Wildman–Crippen MR) is 98.7 cm³/mol. The Morgan fingerprint density at radius 3 is 2.84 bits per heavy atom. The normalized spacial score (nSPS) is 23.6. The lowest BCUT2D eigenvalue weighted by atomic mass is 9.81. The average molecular weight is 336 g/mol. The molecule has 1 aliphatic carbocycles. The van der Waals surface area contributed by atoms with Crippen LogP contribution in [0.15, 0.2) is 35.2 Å². The van der Waals surface area contributed by atoms with E-state index in [0.29, 0.717) is 17.3 Å². The molecule has 0 amide bonds. The van der Waals surface area contributed by atoms with Gasteiger partial charge >= 0.3 is 0 Å². The van der Waals surface area contributed by atoms with Crippen LogP contribution in [-0.4, -0.2) is 21.2 Å². The molecule has 0 spiro atoms. The molecule has 1 saturated carbocycles. The molecule has 130 valence electrons. The fourth-order valence-electron chi connectivity index (χ4n) is 4.39. The first kappa shape index (κ1) is 16.1. The minimum absolute atomic E-state index is 0.144. The first-order chi connectivity index (χ1) is 12.1. The Balaban J connectivity index is 1.72. The van der Waals surface area contributed by atoms with Gasteiger partial charge in [0.1, 0.15) is 6.33 Å². The van der Waals surface area contributed by atoms with Crippen molar-refractivity contribution in [2.45, 2.75) is 52.0 Å². The molecule has 3 aromatic rings. The monoisotopic (exact) mass is 336 g/mol. The third-order valence-electron chi connectivity index (χ3n) is 5.73. The lowest BCUT2D eigenvalue weighted by Gasteiger charge is -2.30. The van der Waals surface area contributed by atoms with E-state index in [0.717, 1.165) is 11.9 Å². The van der Waals surface area contributed by atoms with Gasteiger partial charge in [0.25, 0.3) is 0 Å². The zero-order valence-corrected chi connectivity index (χ0v) is 15.2. The number of fused-ring (bicyclic) bond motifs is 1. The van der Waals surface area contributed by atoms with E-state index in [2.05, 4.69) is 66.3 Å². The van der Waals surface area contributed by atoms with Gasteiger partial charge in [0.15, 0.2) is 11.3 Å². The minimum Gasteiger partial charge on any atom is -0.362 e. The first-order valence-electron chi connectivity index (χ1n) is 8.96. The fourth-order valence-corrected chi connectivity index (χ4v) is 4.39. The number of nitrogens with zero attached hydrogens (tertiary/aromatic N) is 3. The molecule has 1 N–H and O–H groups in total. The van der Waals surface area contributed by atoms with Gasteiger partial charge in [-0.3, -0.25) is 0 Å². The highest BCUT2D eigenvalue weighted by Gasteiger charge is 2.57. The summed E-state index contributed by atoms with van der Waals surface area (Å²) < 4.78 is 5.36. The van der Waals surface area contributed by atoms with Crippen molar-refractivity contribution in [2.75, 3.05) is 5.32 Å². The molecule has 1 aromatic carbocycles. The Labute approximate surface area is 147 Å². The molecule has 1 aliphatic rings. The van der Waals surface area contributed by atoms with Crippen molar-refractivity contribution in [3.63, 3.8) is 0 Å². The molecule has 2 aromatic heterocycles. The van der Waals surface area contributed by atoms with Gasteiger partial charge in [-0.15, -0.1) is 0 Å². The molecular weight excluding hydrogens is 312 g/mol. The van der Waals surface area contributed by atoms with Crippen LogP contribution < -0.4 is 5.32 Å². The molecule has 0 bridgehead atoms. The van der Waals surface area contributed by atoms with Crippen LogP contribution in [0.3, 0.4) is 0 Å². The lowest BCUT2D eigenvalue weighted by Crippen LogP contribution is -2.35. The Hall–Kier alpha value is -2.43. The van der Waals surface area contributed by atoms with Gasteiger partial charge in [-0.05, 0) is 43.7 Å². The number of benzene rings is 1. The van der Waals surface area contributed by atoms with Crippen LogP contribution in [0.25, 0.3) is 11.1 Å². The van der Waals surface area contributed by atoms with E-state index >= 15 is 0 Å². The van der Waals surface area contributed by atoms with Gasteiger partial charge in [-0.2, -0.15) is 0 Å². The second-order valence-corrected chi connectivity index (χ2v) is 7.34. The van der Waals surface area contributed by atoms with Crippen LogP contribution in [0, 0.1) is 19.8 Å². The number of anilines is 1. The maximum Gasteiger partial charge on any atom is 0.205 e. The Morgan fingerprint density at radius 2 is 2.16 bits per heavy atom. The molecule has 0 radical (unpaired) electrons. The Bertz CT molecular complexity index is 919. The number of rotatable bonds is 5. The Kier molecular flexibility index (Phi) is 3.74. The molecule has 3 unspecified atom stereocenters. The van der Waals surface area contributed by atoms with Crippen molar-refractivity contribution in [1.82, 2.24) is 15.1 Å². The lowest BCUT2D eigenvalue weighted by molar-refractivity contribution is 0.450. The van der Waals surface area contributed by atoms with E-state index < -0.39 is 0 Å². The fraction of sp³-hybridized carbons (Fsp3) is 0.450. The second-order valence-electron chi connectivity index (χ2n) is 7.34. The molecule has 2 heterocycles. The maximum absolute atomic E-state index is 5.36. The number of aromatic nitrogens is 3. The Morgan fingerprint density at radius 1 is 1.36 bits per heavy atom. The van der Waals surface area contributed by atoms with Gasteiger partial charge in [0, 0.05) is 11.5 Å². The molecule has 5 heteroatoms. The molecular formula is C20H24N4O. The average Bonchev–Trinajstić information content (AvgIpc) is 3.10. The third-order valence-corrected chi connectivity index (χ3v) is 5.73. The van der Waals surface area contributed by atoms with Gasteiger partial charge in [-0.1, -0.05) is 42.8 Å². The third kappa shape index (κ3) is 2.49. The van der Waals surface area contributed by atoms with Gasteiger partial charge in [0.2, 0.25) is 5.58 Å². The topological polar surface area (TPSA) is 63.8 Å². The van der Waals surface area contributed by atoms with E-state index in [1.54, 1.807) is 6.20 Å². The molecule has 5 nitrogen and oxygen atoms in total. The van der Waals surface area contributed by atoms with Crippen LogP contribution in [0.1, 0.15) is 43.4 Å². The second kappa shape index (κ2) is 5.83. The smallest absolute Gasteiger partial charge is 0.205 e. The van der Waals surface area contributed by atoms with Crippen molar-refractivity contribution >= 4 is 16.9 Å². The highest BCUT2D eigenvalue weighted by molar-refractivity contribution is 5.83. The van der Waals surface area contributed by atoms with Crippen LogP contribution in [0.5, 0.6) is 0 Å². The van der Waals surface area contributed by atoms with Crippen molar-refractivity contribution in [3.05, 3.63) is 47.4 Å². The van der Waals surface area contributed by atoms with Gasteiger partial charge in [0.05, 0.1) is 6.20 Å². The summed E-state index contributed by atoms with van der Waals surface area (Å²) in [5.41, 5.74) is 5.64. The van der Waals surface area contributed by atoms with E-state index in [1.165, 1.54) is 29.4 Å². The highest BCUT2D eigenvalue weighted by Crippen LogP contribution is 2.58. The quantitative estimate of drug-likeness (QED) is 0.748. The van der Waals surface area contributed by atoms with Crippen LogP contribution >= 0.6 is 0 Å². The standard InChI is InChI=1S/C20H24N4O/c1-5-17(23-19-18-16(25-24-19)10-21-11-22-18)20(9-14(20)4)15-7-6-12(2)8-13(15)3/h6-8,10-11,14,17H,5,9H2,1-4H3,(H,23,24). The molecule has 25 heavy (non-hydrogen) atoms. The van der Waals surface area contributed by atoms with Crippen LogP contribution in [-0.2, 0) is 5.41 Å². The summed E-state index contributed by atoms with van der Waals surface area (Å²) in [7, 11) is 0. The summed E-state index contributed by atoms with van der Waals surface area (Å²) in [5, 5.41) is 7.82. The minimum atomic E-state index is 0.144. The zero-order chi connectivity index (χ0) is 17.6. The largest absolute Gasteiger partial charge is 0.362 e. The predicted octanol–water partition coefficient (Wildman–Crippen LogP) is 4.40. The van der Waals surface area contributed by atoms with Crippen molar-refractivity contribution in [1.29, 1.82) is 0 Å². The summed E-state index contributed by atoms with van der Waals surface area (Å²) in [6, 6.07) is 7.10. The summed E-state index contributed by atoms with van der Waals surface area (Å²) in [4.78, 5) is 8.32. The summed E-state index contributed by atoms with van der Waals surface area (Å²) in [6.07, 6.45) is 5.39. The summed E-state index contributed by atoms with van der Waals surface area (Å²) in [6.45, 7) is 8.94. The summed E-state index contributed by atoms with van der Waals surface area (Å²) >= 11 is 0. The number of aryl methyl sites for hydroxylation is 2. The van der Waals surface area contributed by atoms with Gasteiger partial charge in [-0.25, -0.2) is 9.97 Å². The maximum atomic E-state index is 5.36. The number of hydrogen-bond acceptors (Lipinski definition) is 5. The summed E-state index contributed by atoms with van der Waals surface area (Å²) in [5.74, 6) is 1.35. The van der Waals surface area contributed by atoms with E-state index in [4.69, 9.17) is 4.52 Å². The molecule has 0 saturated heterocycles. The molecule has 1 fully saturated rings.